The fourth-order valence-corrected chi connectivity index (χ4v) is 4.05. The molecule has 0 spiro atoms. The molecular weight excluding hydrogens is 372 g/mol. The van der Waals surface area contributed by atoms with E-state index >= 15 is 0 Å². The molecular formula is C21H26N4O2S. The standard InChI is InChI=1S/C21H26N4O2S/c1-7-8-16-23-20(25-27-16)21(5,6)24-18(26)17-14(4)22-19(28-17)15-10-9-12(2)11-13(15)3/h9-11H,7-8H2,1-6H3,(H,24,26). The summed E-state index contributed by atoms with van der Waals surface area (Å²) < 4.78 is 5.26. The Labute approximate surface area is 169 Å². The zero-order chi connectivity index (χ0) is 20.5. The summed E-state index contributed by atoms with van der Waals surface area (Å²) in [4.78, 5) is 22.6. The highest BCUT2D eigenvalue weighted by Gasteiger charge is 2.30. The fourth-order valence-electron chi connectivity index (χ4n) is 3.00. The lowest BCUT2D eigenvalue weighted by Crippen LogP contribution is -2.41. The quantitative estimate of drug-likeness (QED) is 0.649. The Morgan fingerprint density at radius 1 is 1.21 bits per heavy atom. The first kappa shape index (κ1) is 20.2. The SMILES string of the molecule is CCCc1nc(C(C)(C)NC(=O)c2sc(-c3ccc(C)cc3C)nc2C)no1. The summed E-state index contributed by atoms with van der Waals surface area (Å²) in [5.41, 5.74) is 3.38. The number of carbonyl (C=O) groups excluding carboxylic acids is 1. The lowest BCUT2D eigenvalue weighted by molar-refractivity contribution is 0.0911. The maximum Gasteiger partial charge on any atom is 0.264 e. The lowest BCUT2D eigenvalue weighted by atomic mass is 10.0. The van der Waals surface area contributed by atoms with Crippen molar-refractivity contribution in [1.29, 1.82) is 0 Å². The van der Waals surface area contributed by atoms with E-state index in [1.54, 1.807) is 0 Å². The molecule has 0 aliphatic heterocycles. The van der Waals surface area contributed by atoms with Crippen LogP contribution in [0.2, 0.25) is 0 Å². The van der Waals surface area contributed by atoms with Crippen LogP contribution in [0.15, 0.2) is 22.7 Å². The van der Waals surface area contributed by atoms with Crippen LogP contribution < -0.4 is 5.32 Å². The van der Waals surface area contributed by atoms with Gasteiger partial charge in [-0.15, -0.1) is 11.3 Å². The summed E-state index contributed by atoms with van der Waals surface area (Å²) in [5.74, 6) is 0.879. The molecule has 0 aliphatic rings. The first-order chi connectivity index (χ1) is 13.2. The topological polar surface area (TPSA) is 80.9 Å². The molecule has 3 rings (SSSR count). The monoisotopic (exact) mass is 398 g/mol. The number of nitrogens with zero attached hydrogens (tertiary/aromatic N) is 3. The van der Waals surface area contributed by atoms with Crippen molar-refractivity contribution in [1.82, 2.24) is 20.4 Å². The van der Waals surface area contributed by atoms with Crippen LogP contribution in [0.4, 0.5) is 0 Å². The molecule has 1 amide bonds. The second-order valence-electron chi connectivity index (χ2n) is 7.59. The summed E-state index contributed by atoms with van der Waals surface area (Å²) in [7, 11) is 0. The third kappa shape index (κ3) is 4.14. The predicted octanol–water partition coefficient (Wildman–Crippen LogP) is 4.74. The molecule has 0 radical (unpaired) electrons. The van der Waals surface area contributed by atoms with Crippen molar-refractivity contribution in [2.45, 2.75) is 59.9 Å². The maximum absolute atomic E-state index is 12.9. The first-order valence-corrected chi connectivity index (χ1v) is 10.2. The van der Waals surface area contributed by atoms with E-state index < -0.39 is 5.54 Å². The average molecular weight is 399 g/mol. The van der Waals surface area contributed by atoms with Crippen molar-refractivity contribution in [2.24, 2.45) is 0 Å². The van der Waals surface area contributed by atoms with Gasteiger partial charge in [0.15, 0.2) is 5.82 Å². The lowest BCUT2D eigenvalue weighted by Gasteiger charge is -2.21. The van der Waals surface area contributed by atoms with Gasteiger partial charge >= 0.3 is 0 Å². The minimum atomic E-state index is -0.747. The van der Waals surface area contributed by atoms with Crippen LogP contribution in [-0.4, -0.2) is 21.0 Å². The third-order valence-corrected chi connectivity index (χ3v) is 5.72. The number of amides is 1. The highest BCUT2D eigenvalue weighted by molar-refractivity contribution is 7.17. The number of hydrogen-bond donors (Lipinski definition) is 1. The molecule has 3 aromatic rings. The molecule has 2 heterocycles. The van der Waals surface area contributed by atoms with E-state index in [1.165, 1.54) is 16.9 Å². The Bertz CT molecular complexity index is 1000. The van der Waals surface area contributed by atoms with Crippen LogP contribution in [0.1, 0.15) is 65.4 Å². The number of rotatable bonds is 6. The van der Waals surface area contributed by atoms with Crippen molar-refractivity contribution in [3.63, 3.8) is 0 Å². The Kier molecular flexibility index (Phi) is 5.65. The molecule has 0 saturated heterocycles. The molecule has 7 heteroatoms. The number of hydrogen-bond acceptors (Lipinski definition) is 6. The predicted molar refractivity (Wildman–Crippen MR) is 111 cm³/mol. The van der Waals surface area contributed by atoms with E-state index in [-0.39, 0.29) is 5.91 Å². The molecule has 1 aromatic carbocycles. The minimum absolute atomic E-state index is 0.183. The highest BCUT2D eigenvalue weighted by Crippen LogP contribution is 2.31. The van der Waals surface area contributed by atoms with Gasteiger partial charge in [0.2, 0.25) is 5.89 Å². The second kappa shape index (κ2) is 7.83. The van der Waals surface area contributed by atoms with Gasteiger partial charge in [0.1, 0.15) is 9.88 Å². The van der Waals surface area contributed by atoms with Gasteiger partial charge in [-0.2, -0.15) is 4.98 Å². The first-order valence-electron chi connectivity index (χ1n) is 9.42. The van der Waals surface area contributed by atoms with E-state index in [0.29, 0.717) is 22.3 Å². The molecule has 0 unspecified atom stereocenters. The maximum atomic E-state index is 12.9. The molecule has 0 aliphatic carbocycles. The van der Waals surface area contributed by atoms with Gasteiger partial charge in [-0.3, -0.25) is 4.79 Å². The zero-order valence-corrected chi connectivity index (χ0v) is 18.0. The molecule has 6 nitrogen and oxygen atoms in total. The van der Waals surface area contributed by atoms with E-state index in [1.807, 2.05) is 20.8 Å². The van der Waals surface area contributed by atoms with Crippen LogP contribution in [0.3, 0.4) is 0 Å². The Morgan fingerprint density at radius 3 is 2.64 bits per heavy atom. The van der Waals surface area contributed by atoms with Crippen LogP contribution in [0, 0.1) is 20.8 Å². The number of benzene rings is 1. The van der Waals surface area contributed by atoms with Crippen LogP contribution in [-0.2, 0) is 12.0 Å². The van der Waals surface area contributed by atoms with Gasteiger partial charge in [0.05, 0.1) is 11.2 Å². The molecule has 0 saturated carbocycles. The van der Waals surface area contributed by atoms with E-state index in [9.17, 15) is 4.79 Å². The number of aromatic nitrogens is 3. The molecule has 148 valence electrons. The molecule has 0 fully saturated rings. The Balaban J connectivity index is 1.83. The van der Waals surface area contributed by atoms with Crippen LogP contribution in [0.25, 0.3) is 10.6 Å². The van der Waals surface area contributed by atoms with Gasteiger partial charge < -0.3 is 9.84 Å². The summed E-state index contributed by atoms with van der Waals surface area (Å²) >= 11 is 1.40. The van der Waals surface area contributed by atoms with E-state index in [2.05, 4.69) is 59.4 Å². The van der Waals surface area contributed by atoms with Crippen molar-refractivity contribution in [2.75, 3.05) is 0 Å². The Morgan fingerprint density at radius 2 is 1.96 bits per heavy atom. The highest BCUT2D eigenvalue weighted by atomic mass is 32.1. The van der Waals surface area contributed by atoms with E-state index in [4.69, 9.17) is 4.52 Å². The molecule has 2 aromatic heterocycles. The molecule has 1 N–H and O–H groups in total. The number of aryl methyl sites for hydroxylation is 4. The molecule has 0 bridgehead atoms. The second-order valence-corrected chi connectivity index (χ2v) is 8.59. The molecule has 28 heavy (non-hydrogen) atoms. The Hall–Kier alpha value is -2.54. The van der Waals surface area contributed by atoms with E-state index in [0.717, 1.165) is 29.0 Å². The summed E-state index contributed by atoms with van der Waals surface area (Å²) in [5, 5.41) is 7.91. The smallest absolute Gasteiger partial charge is 0.264 e. The number of nitrogens with one attached hydrogen (secondary N) is 1. The average Bonchev–Trinajstić information content (AvgIpc) is 3.22. The van der Waals surface area contributed by atoms with Gasteiger partial charge in [-0.05, 0) is 46.6 Å². The van der Waals surface area contributed by atoms with Crippen molar-refractivity contribution in [3.05, 3.63) is 51.6 Å². The zero-order valence-electron chi connectivity index (χ0n) is 17.2. The largest absolute Gasteiger partial charge is 0.339 e. The molecule has 0 atom stereocenters. The number of carbonyl (C=O) groups is 1. The van der Waals surface area contributed by atoms with Gasteiger partial charge in [0, 0.05) is 12.0 Å². The van der Waals surface area contributed by atoms with Gasteiger partial charge in [0.25, 0.3) is 5.91 Å². The third-order valence-electron chi connectivity index (χ3n) is 4.53. The minimum Gasteiger partial charge on any atom is -0.339 e. The van der Waals surface area contributed by atoms with Gasteiger partial charge in [-0.25, -0.2) is 4.98 Å². The van der Waals surface area contributed by atoms with Crippen LogP contribution >= 0.6 is 11.3 Å². The summed E-state index contributed by atoms with van der Waals surface area (Å²) in [6, 6.07) is 6.24. The van der Waals surface area contributed by atoms with Crippen molar-refractivity contribution >= 4 is 17.2 Å². The van der Waals surface area contributed by atoms with Crippen molar-refractivity contribution < 1.29 is 9.32 Å². The normalized spacial score (nSPS) is 11.6. The van der Waals surface area contributed by atoms with Gasteiger partial charge in [-0.1, -0.05) is 35.8 Å². The summed E-state index contributed by atoms with van der Waals surface area (Å²) in [6.07, 6.45) is 1.65. The fraction of sp³-hybridized carbons (Fsp3) is 0.429. The summed E-state index contributed by atoms with van der Waals surface area (Å²) in [6.45, 7) is 11.8. The van der Waals surface area contributed by atoms with Crippen LogP contribution in [0.5, 0.6) is 0 Å². The number of thiazole rings is 1. The van der Waals surface area contributed by atoms with Crippen molar-refractivity contribution in [3.8, 4) is 10.6 Å².